The van der Waals surface area contributed by atoms with E-state index in [1.165, 1.54) is 31.9 Å². The molecule has 8 nitrogen and oxygen atoms in total. The number of esters is 1. The number of nitrogens with one attached hydrogen (secondary N) is 2. The number of hydrogen-bond donors (Lipinski definition) is 2. The van der Waals surface area contributed by atoms with E-state index in [0.29, 0.717) is 29.3 Å². The van der Waals surface area contributed by atoms with Crippen LogP contribution in [0.15, 0.2) is 55.0 Å². The number of aromatic nitrogens is 3. The van der Waals surface area contributed by atoms with Crippen LogP contribution in [-0.4, -0.2) is 40.5 Å². The summed E-state index contributed by atoms with van der Waals surface area (Å²) in [5.74, 6) is 0.0654. The average molecular weight is 504 g/mol. The minimum atomic E-state index is -4.39. The highest BCUT2D eigenvalue weighted by atomic mass is 19.4. The number of carbonyl (C=O) groups is 2. The summed E-state index contributed by atoms with van der Waals surface area (Å²) in [6, 6.07) is 7.85. The molecule has 3 aromatic rings. The maximum Gasteiger partial charge on any atom is 0.416 e. The lowest BCUT2D eigenvalue weighted by atomic mass is 10.1. The molecule has 36 heavy (non-hydrogen) atoms. The van der Waals surface area contributed by atoms with Crippen molar-refractivity contribution in [2.24, 2.45) is 0 Å². The molecule has 0 aliphatic rings. The Labute approximate surface area is 207 Å². The van der Waals surface area contributed by atoms with Gasteiger partial charge in [0, 0.05) is 42.8 Å². The van der Waals surface area contributed by atoms with Crippen molar-refractivity contribution >= 4 is 17.7 Å². The molecule has 0 atom stereocenters. The smallest absolute Gasteiger partial charge is 0.416 e. The Bertz CT molecular complexity index is 1100. The summed E-state index contributed by atoms with van der Waals surface area (Å²) >= 11 is 0. The summed E-state index contributed by atoms with van der Waals surface area (Å²) in [7, 11) is 1.28. The first kappa shape index (κ1) is 28.2. The number of pyridine rings is 1. The molecule has 0 spiro atoms. The molecular formula is C25H28F3N5O3. The minimum Gasteiger partial charge on any atom is -0.469 e. The molecule has 1 aromatic carbocycles. The second-order valence-electron chi connectivity index (χ2n) is 7.56. The normalized spacial score (nSPS) is 10.6. The first-order chi connectivity index (χ1) is 17.2. The third-order valence-electron chi connectivity index (χ3n) is 4.52. The van der Waals surface area contributed by atoms with E-state index in [-0.39, 0.29) is 18.9 Å². The second-order valence-corrected chi connectivity index (χ2v) is 7.56. The molecule has 2 N–H and O–H groups in total. The molecule has 0 saturated heterocycles. The summed E-state index contributed by atoms with van der Waals surface area (Å²) in [6.07, 6.45) is 1.47. The number of halogens is 3. The Hall–Kier alpha value is -4.02. The van der Waals surface area contributed by atoms with Gasteiger partial charge in [-0.3, -0.25) is 9.59 Å². The van der Waals surface area contributed by atoms with E-state index < -0.39 is 17.7 Å². The van der Waals surface area contributed by atoms with Crippen LogP contribution in [0.3, 0.4) is 0 Å². The quantitative estimate of drug-likeness (QED) is 0.422. The molecule has 2 heterocycles. The van der Waals surface area contributed by atoms with Crippen molar-refractivity contribution < 1.29 is 27.5 Å². The molecule has 0 bridgehead atoms. The molecule has 0 aliphatic heterocycles. The van der Waals surface area contributed by atoms with Gasteiger partial charge in [-0.2, -0.15) is 13.2 Å². The number of amides is 1. The van der Waals surface area contributed by atoms with Crippen molar-refractivity contribution in [3.8, 4) is 11.4 Å². The van der Waals surface area contributed by atoms with Crippen LogP contribution in [0, 0.1) is 0 Å². The minimum absolute atomic E-state index is 0.0784. The summed E-state index contributed by atoms with van der Waals surface area (Å²) in [5.41, 5.74) is 0.820. The summed E-state index contributed by atoms with van der Waals surface area (Å²) in [5, 5.41) is 5.67. The van der Waals surface area contributed by atoms with Gasteiger partial charge in [-0.05, 0) is 24.3 Å². The van der Waals surface area contributed by atoms with Crippen molar-refractivity contribution in [3.63, 3.8) is 0 Å². The van der Waals surface area contributed by atoms with Gasteiger partial charge in [-0.15, -0.1) is 0 Å². The highest BCUT2D eigenvalue weighted by Gasteiger charge is 2.30. The highest BCUT2D eigenvalue weighted by Crippen LogP contribution is 2.30. The summed E-state index contributed by atoms with van der Waals surface area (Å²) in [4.78, 5) is 35.7. The zero-order valence-electron chi connectivity index (χ0n) is 20.2. The highest BCUT2D eigenvalue weighted by molar-refractivity contribution is 5.94. The van der Waals surface area contributed by atoms with Gasteiger partial charge in [0.05, 0.1) is 24.7 Å². The number of ether oxygens (including phenoxy) is 1. The fourth-order valence-corrected chi connectivity index (χ4v) is 2.71. The van der Waals surface area contributed by atoms with Gasteiger partial charge in [0.25, 0.3) is 5.91 Å². The number of benzene rings is 1. The lowest BCUT2D eigenvalue weighted by Crippen LogP contribution is -2.26. The van der Waals surface area contributed by atoms with Crippen molar-refractivity contribution in [1.82, 2.24) is 20.3 Å². The predicted octanol–water partition coefficient (Wildman–Crippen LogP) is 4.88. The van der Waals surface area contributed by atoms with E-state index in [9.17, 15) is 22.8 Å². The molecule has 0 aliphatic carbocycles. The second kappa shape index (κ2) is 13.8. The molecule has 192 valence electrons. The van der Waals surface area contributed by atoms with Crippen molar-refractivity contribution in [3.05, 3.63) is 71.7 Å². The largest absolute Gasteiger partial charge is 0.469 e. The van der Waals surface area contributed by atoms with Crippen LogP contribution < -0.4 is 10.6 Å². The molecule has 2 aromatic heterocycles. The van der Waals surface area contributed by atoms with Gasteiger partial charge in [-0.1, -0.05) is 32.4 Å². The molecule has 0 unspecified atom stereocenters. The molecular weight excluding hydrogens is 475 g/mol. The van der Waals surface area contributed by atoms with Gasteiger partial charge < -0.3 is 15.4 Å². The van der Waals surface area contributed by atoms with Crippen molar-refractivity contribution in [2.75, 3.05) is 19.0 Å². The fraction of sp³-hybridized carbons (Fsp3) is 0.320. The third kappa shape index (κ3) is 8.97. The van der Waals surface area contributed by atoms with Crippen LogP contribution in [0.2, 0.25) is 0 Å². The lowest BCUT2D eigenvalue weighted by Gasteiger charge is -2.08. The van der Waals surface area contributed by atoms with Crippen LogP contribution in [0.4, 0.5) is 19.0 Å². The predicted molar refractivity (Wildman–Crippen MR) is 129 cm³/mol. The first-order valence-corrected chi connectivity index (χ1v) is 11.2. The number of rotatable bonds is 8. The zero-order valence-corrected chi connectivity index (χ0v) is 20.2. The van der Waals surface area contributed by atoms with Crippen LogP contribution >= 0.6 is 0 Å². The summed E-state index contributed by atoms with van der Waals surface area (Å²) < 4.78 is 42.5. The van der Waals surface area contributed by atoms with Crippen LogP contribution in [-0.2, 0) is 22.3 Å². The molecule has 1 amide bonds. The number of anilines is 1. The van der Waals surface area contributed by atoms with Gasteiger partial charge in [-0.25, -0.2) is 15.0 Å². The monoisotopic (exact) mass is 503 g/mol. The van der Waals surface area contributed by atoms with E-state index in [1.54, 1.807) is 24.5 Å². The standard InChI is InChI=1S/C22H20F3N5O3.C3H8/c1-33-19(31)8-9-26-21(32)16-4-7-18(28-13-16)27-10-14-11-29-20(30-12-14)15-2-5-17(6-3-15)22(23,24)25;1-3-2/h2-7,11-13H,8-10H2,1H3,(H,26,32)(H,27,28);3H2,1-2H3. The number of alkyl halides is 3. The van der Waals surface area contributed by atoms with E-state index in [1.807, 2.05) is 0 Å². The topological polar surface area (TPSA) is 106 Å². The molecule has 0 radical (unpaired) electrons. The van der Waals surface area contributed by atoms with Crippen LogP contribution in [0.25, 0.3) is 11.4 Å². The number of carbonyl (C=O) groups excluding carboxylic acids is 2. The van der Waals surface area contributed by atoms with Crippen LogP contribution in [0.5, 0.6) is 0 Å². The van der Waals surface area contributed by atoms with E-state index >= 15 is 0 Å². The van der Waals surface area contributed by atoms with E-state index in [0.717, 1.165) is 17.7 Å². The van der Waals surface area contributed by atoms with Gasteiger partial charge in [0.1, 0.15) is 5.82 Å². The van der Waals surface area contributed by atoms with Crippen molar-refractivity contribution in [1.29, 1.82) is 0 Å². The SMILES string of the molecule is CCC.COC(=O)CCNC(=O)c1ccc(NCc2cnc(-c3ccc(C(F)(F)F)cc3)nc2)nc1. The Morgan fingerprint density at radius 3 is 2.11 bits per heavy atom. The van der Waals surface area contributed by atoms with Gasteiger partial charge in [0.15, 0.2) is 5.82 Å². The Morgan fingerprint density at radius 2 is 1.58 bits per heavy atom. The summed E-state index contributed by atoms with van der Waals surface area (Å²) in [6.45, 7) is 4.76. The first-order valence-electron chi connectivity index (χ1n) is 11.2. The maximum absolute atomic E-state index is 12.7. The van der Waals surface area contributed by atoms with Gasteiger partial charge >= 0.3 is 12.1 Å². The Kier molecular flexibility index (Phi) is 10.8. The maximum atomic E-state index is 12.7. The average Bonchev–Trinajstić information content (AvgIpc) is 2.88. The molecule has 11 heteroatoms. The van der Waals surface area contributed by atoms with E-state index in [2.05, 4.69) is 44.2 Å². The number of hydrogen-bond acceptors (Lipinski definition) is 7. The Balaban J connectivity index is 0.00000145. The fourth-order valence-electron chi connectivity index (χ4n) is 2.71. The van der Waals surface area contributed by atoms with Crippen molar-refractivity contribution in [2.45, 2.75) is 39.4 Å². The lowest BCUT2D eigenvalue weighted by molar-refractivity contribution is -0.140. The molecule has 0 fully saturated rings. The van der Waals surface area contributed by atoms with E-state index in [4.69, 9.17) is 0 Å². The number of methoxy groups -OCH3 is 1. The molecule has 3 rings (SSSR count). The van der Waals surface area contributed by atoms with Gasteiger partial charge in [0.2, 0.25) is 0 Å². The Morgan fingerprint density at radius 1 is 0.944 bits per heavy atom. The zero-order chi connectivity index (χ0) is 26.6. The number of nitrogens with zero attached hydrogens (tertiary/aromatic N) is 3. The third-order valence-corrected chi connectivity index (χ3v) is 4.52. The molecule has 0 saturated carbocycles. The van der Waals surface area contributed by atoms with Crippen LogP contribution in [0.1, 0.15) is 48.2 Å².